The normalized spacial score (nSPS) is 23.7. The van der Waals surface area contributed by atoms with E-state index in [4.69, 9.17) is 9.47 Å². The number of hydrogen-bond acceptors (Lipinski definition) is 5. The van der Waals surface area contributed by atoms with Crippen LogP contribution in [0.25, 0.3) is 0 Å². The lowest BCUT2D eigenvalue weighted by molar-refractivity contribution is 0.0948. The summed E-state index contributed by atoms with van der Waals surface area (Å²) in [6.07, 6.45) is 3.13. The number of rotatable bonds is 7. The van der Waals surface area contributed by atoms with Crippen molar-refractivity contribution in [1.29, 1.82) is 0 Å². The van der Waals surface area contributed by atoms with Gasteiger partial charge in [0.05, 0.1) is 37.7 Å². The van der Waals surface area contributed by atoms with Crippen LogP contribution in [0.3, 0.4) is 0 Å². The lowest BCUT2D eigenvalue weighted by atomic mass is 9.91. The summed E-state index contributed by atoms with van der Waals surface area (Å²) in [7, 11) is 7.85. The molecule has 120 valence electrons. The molecule has 3 atom stereocenters. The molecular weight excluding hydrogens is 268 g/mol. The van der Waals surface area contributed by atoms with Crippen molar-refractivity contribution >= 4 is 0 Å². The smallest absolute Gasteiger partial charge is 0.161 e. The van der Waals surface area contributed by atoms with Gasteiger partial charge < -0.3 is 19.7 Å². The van der Waals surface area contributed by atoms with Crippen molar-refractivity contribution in [3.05, 3.63) is 11.9 Å². The summed E-state index contributed by atoms with van der Waals surface area (Å²) in [5.41, 5.74) is 1.13. The van der Waals surface area contributed by atoms with Gasteiger partial charge in [0.25, 0.3) is 0 Å². The first-order valence-electron chi connectivity index (χ1n) is 7.61. The van der Waals surface area contributed by atoms with E-state index in [1.165, 1.54) is 0 Å². The highest BCUT2D eigenvalue weighted by Crippen LogP contribution is 2.36. The first kappa shape index (κ1) is 16.3. The van der Waals surface area contributed by atoms with E-state index in [1.807, 2.05) is 13.2 Å². The van der Waals surface area contributed by atoms with Crippen LogP contribution < -0.4 is 10.1 Å². The lowest BCUT2D eigenvalue weighted by Gasteiger charge is -2.27. The van der Waals surface area contributed by atoms with Gasteiger partial charge in [0.1, 0.15) is 0 Å². The molecule has 3 unspecified atom stereocenters. The van der Waals surface area contributed by atoms with Crippen molar-refractivity contribution in [2.75, 3.05) is 41.4 Å². The summed E-state index contributed by atoms with van der Waals surface area (Å²) in [5, 5.41) is 7.95. The van der Waals surface area contributed by atoms with Crippen molar-refractivity contribution in [3.8, 4) is 5.75 Å². The molecule has 6 nitrogen and oxygen atoms in total. The van der Waals surface area contributed by atoms with Crippen LogP contribution in [0, 0.1) is 5.92 Å². The van der Waals surface area contributed by atoms with Crippen molar-refractivity contribution in [2.24, 2.45) is 5.92 Å². The summed E-state index contributed by atoms with van der Waals surface area (Å²) in [4.78, 5) is 2.16. The second-order valence-corrected chi connectivity index (χ2v) is 5.92. The van der Waals surface area contributed by atoms with Gasteiger partial charge in [-0.2, -0.15) is 5.10 Å². The molecule has 1 aliphatic heterocycles. The van der Waals surface area contributed by atoms with Crippen LogP contribution in [-0.2, 0) is 11.3 Å². The van der Waals surface area contributed by atoms with E-state index in [0.717, 1.165) is 37.6 Å². The molecule has 21 heavy (non-hydrogen) atoms. The van der Waals surface area contributed by atoms with E-state index in [0.29, 0.717) is 5.92 Å². The van der Waals surface area contributed by atoms with E-state index in [-0.39, 0.29) is 12.1 Å². The first-order chi connectivity index (χ1) is 10.1. The number of likely N-dealkylation sites (N-methyl/N-ethyl adjacent to an activating group) is 1. The van der Waals surface area contributed by atoms with E-state index in [1.54, 1.807) is 7.11 Å². The molecule has 0 saturated carbocycles. The molecule has 2 rings (SSSR count). The van der Waals surface area contributed by atoms with Gasteiger partial charge in [-0.3, -0.25) is 4.68 Å². The predicted molar refractivity (Wildman–Crippen MR) is 82.7 cm³/mol. The van der Waals surface area contributed by atoms with Crippen LogP contribution >= 0.6 is 0 Å². The van der Waals surface area contributed by atoms with Gasteiger partial charge in [0.15, 0.2) is 5.75 Å². The fourth-order valence-electron chi connectivity index (χ4n) is 3.06. The molecule has 1 saturated heterocycles. The Morgan fingerprint density at radius 1 is 1.57 bits per heavy atom. The molecule has 1 aliphatic rings. The Hall–Kier alpha value is -1.11. The van der Waals surface area contributed by atoms with Gasteiger partial charge in [0.2, 0.25) is 0 Å². The Morgan fingerprint density at radius 2 is 2.33 bits per heavy atom. The van der Waals surface area contributed by atoms with Crippen molar-refractivity contribution in [3.63, 3.8) is 0 Å². The van der Waals surface area contributed by atoms with Crippen LogP contribution in [0.2, 0.25) is 0 Å². The molecule has 1 N–H and O–H groups in total. The van der Waals surface area contributed by atoms with E-state index in [9.17, 15) is 0 Å². The summed E-state index contributed by atoms with van der Waals surface area (Å²) in [6, 6.07) is 0.196. The van der Waals surface area contributed by atoms with E-state index < -0.39 is 0 Å². The van der Waals surface area contributed by atoms with E-state index >= 15 is 0 Å². The number of aromatic nitrogens is 2. The Kier molecular flexibility index (Phi) is 5.61. The van der Waals surface area contributed by atoms with Crippen molar-refractivity contribution < 1.29 is 9.47 Å². The largest absolute Gasteiger partial charge is 0.493 e. The average molecular weight is 296 g/mol. The quantitative estimate of drug-likeness (QED) is 0.818. The Bertz CT molecular complexity index is 447. The Balaban J connectivity index is 2.27. The SMILES string of the molecule is CNC(c1c(OC)cnn1CCN(C)C)C1CCOC1C. The maximum atomic E-state index is 5.74. The summed E-state index contributed by atoms with van der Waals surface area (Å²) in [6.45, 7) is 4.78. The molecule has 0 amide bonds. The fraction of sp³-hybridized carbons (Fsp3) is 0.800. The standard InChI is InChI=1S/C15H28N4O2/c1-11-12(6-9-21-11)14(16-2)15-13(20-5)10-17-19(15)8-7-18(3)4/h10-12,14,16H,6-9H2,1-5H3. The van der Waals surface area contributed by atoms with Crippen LogP contribution in [0.15, 0.2) is 6.20 Å². The first-order valence-corrected chi connectivity index (χ1v) is 7.61. The molecule has 2 heterocycles. The number of nitrogens with zero attached hydrogens (tertiary/aromatic N) is 3. The number of hydrogen-bond donors (Lipinski definition) is 1. The van der Waals surface area contributed by atoms with Gasteiger partial charge in [-0.1, -0.05) is 0 Å². The number of ether oxygens (including phenoxy) is 2. The zero-order valence-corrected chi connectivity index (χ0v) is 13.8. The van der Waals surface area contributed by atoms with Gasteiger partial charge >= 0.3 is 0 Å². The molecule has 1 aromatic heterocycles. The molecule has 0 aliphatic carbocycles. The van der Waals surface area contributed by atoms with Gasteiger partial charge in [-0.05, 0) is 34.5 Å². The molecule has 1 fully saturated rings. The van der Waals surface area contributed by atoms with Crippen molar-refractivity contribution in [1.82, 2.24) is 20.0 Å². The average Bonchev–Trinajstić information content (AvgIpc) is 3.05. The number of nitrogens with one attached hydrogen (secondary N) is 1. The summed E-state index contributed by atoms with van der Waals surface area (Å²) in [5.74, 6) is 1.30. The van der Waals surface area contributed by atoms with Crippen LogP contribution in [0.4, 0.5) is 0 Å². The molecule has 0 radical (unpaired) electrons. The third-order valence-electron chi connectivity index (χ3n) is 4.29. The van der Waals surface area contributed by atoms with Gasteiger partial charge in [-0.15, -0.1) is 0 Å². The third kappa shape index (κ3) is 3.56. The molecule has 6 heteroatoms. The maximum absolute atomic E-state index is 5.74. The molecule has 0 bridgehead atoms. The highest BCUT2D eigenvalue weighted by Gasteiger charge is 2.35. The second kappa shape index (κ2) is 7.24. The molecule has 1 aromatic rings. The summed E-state index contributed by atoms with van der Waals surface area (Å²) >= 11 is 0. The van der Waals surface area contributed by atoms with Gasteiger partial charge in [0, 0.05) is 19.1 Å². The predicted octanol–water partition coefficient (Wildman–Crippen LogP) is 1.14. The fourth-order valence-corrected chi connectivity index (χ4v) is 3.06. The highest BCUT2D eigenvalue weighted by atomic mass is 16.5. The highest BCUT2D eigenvalue weighted by molar-refractivity contribution is 5.29. The zero-order valence-electron chi connectivity index (χ0n) is 13.8. The van der Waals surface area contributed by atoms with Crippen molar-refractivity contribution in [2.45, 2.75) is 32.0 Å². The van der Waals surface area contributed by atoms with E-state index in [2.05, 4.69) is 41.0 Å². The molecule has 0 spiro atoms. The lowest BCUT2D eigenvalue weighted by Crippen LogP contribution is -2.32. The van der Waals surface area contributed by atoms with Crippen LogP contribution in [-0.4, -0.2) is 62.2 Å². The minimum atomic E-state index is 0.196. The Morgan fingerprint density at radius 3 is 2.86 bits per heavy atom. The van der Waals surface area contributed by atoms with Gasteiger partial charge in [-0.25, -0.2) is 0 Å². The monoisotopic (exact) mass is 296 g/mol. The van der Waals surface area contributed by atoms with Crippen LogP contribution in [0.5, 0.6) is 5.75 Å². The van der Waals surface area contributed by atoms with Crippen LogP contribution in [0.1, 0.15) is 25.1 Å². The third-order valence-corrected chi connectivity index (χ3v) is 4.29. The number of methoxy groups -OCH3 is 1. The molecule has 0 aromatic carbocycles. The second-order valence-electron chi connectivity index (χ2n) is 5.92. The minimum Gasteiger partial charge on any atom is -0.493 e. The zero-order chi connectivity index (χ0) is 15.4. The maximum Gasteiger partial charge on any atom is 0.161 e. The molecular formula is C15H28N4O2. The minimum absolute atomic E-state index is 0.196. The summed E-state index contributed by atoms with van der Waals surface area (Å²) < 4.78 is 13.3. The topological polar surface area (TPSA) is 51.5 Å². The Labute approximate surface area is 127 Å².